The maximum Gasteiger partial charge on any atom is 0.306 e. The van der Waals surface area contributed by atoms with E-state index in [1.165, 1.54) is 16.6 Å². The Kier molecular flexibility index (Phi) is 8.02. The van der Waals surface area contributed by atoms with Crippen molar-refractivity contribution in [1.29, 1.82) is 0 Å². The van der Waals surface area contributed by atoms with Crippen LogP contribution in [-0.4, -0.2) is 26.5 Å². The minimum absolute atomic E-state index is 0.0991. The summed E-state index contributed by atoms with van der Waals surface area (Å²) in [6, 6.07) is 15.6. The van der Waals surface area contributed by atoms with E-state index in [4.69, 9.17) is 16.3 Å². The smallest absolute Gasteiger partial charge is 0.306 e. The average Bonchev–Trinajstić information content (AvgIpc) is 2.71. The Morgan fingerprint density at radius 3 is 2.63 bits per heavy atom. The molecule has 0 bridgehead atoms. The van der Waals surface area contributed by atoms with Crippen LogP contribution in [0.1, 0.15) is 68.2 Å². The van der Waals surface area contributed by atoms with Gasteiger partial charge in [-0.2, -0.15) is 0 Å². The van der Waals surface area contributed by atoms with E-state index in [9.17, 15) is 4.79 Å². The van der Waals surface area contributed by atoms with Gasteiger partial charge in [0, 0.05) is 29.4 Å². The molecule has 0 amide bonds. The van der Waals surface area contributed by atoms with Gasteiger partial charge >= 0.3 is 5.97 Å². The number of carbonyl (C=O) groups excluding carboxylic acids is 1. The zero-order valence-corrected chi connectivity index (χ0v) is 19.3. The molecular weight excluding hydrogens is 393 g/mol. The van der Waals surface area contributed by atoms with Gasteiger partial charge in [-0.25, -0.2) is 0 Å². The predicted octanol–water partition coefficient (Wildman–Crippen LogP) is 4.46. The zero-order chi connectivity index (χ0) is 21.7. The highest BCUT2D eigenvalue weighted by Crippen LogP contribution is 2.42. The molecule has 5 heteroatoms. The Morgan fingerprint density at radius 1 is 1.23 bits per heavy atom. The molecule has 1 fully saturated rings. The molecule has 0 heterocycles. The minimum Gasteiger partial charge on any atom is -0.466 e. The van der Waals surface area contributed by atoms with E-state index in [0.717, 1.165) is 29.8 Å². The average molecular weight is 426 g/mol. The molecule has 160 valence electrons. The van der Waals surface area contributed by atoms with Gasteiger partial charge < -0.3 is 10.1 Å². The van der Waals surface area contributed by atoms with Crippen LogP contribution in [0, 0.1) is 12.8 Å². The van der Waals surface area contributed by atoms with E-state index in [1.54, 1.807) is 0 Å². The van der Waals surface area contributed by atoms with Crippen molar-refractivity contribution in [1.82, 2.24) is 5.32 Å². The molecule has 4 atom stereocenters. The number of hydrogen-bond acceptors (Lipinski definition) is 3. The highest BCUT2D eigenvalue weighted by atomic mass is 35.5. The summed E-state index contributed by atoms with van der Waals surface area (Å²) < 4.78 is 5.28. The molecule has 1 N–H and O–H groups in total. The number of hydrogen-bond donors (Lipinski definition) is 1. The molecule has 0 radical (unpaired) electrons. The first-order chi connectivity index (χ1) is 14.4. The molecule has 3 nitrogen and oxygen atoms in total. The second-order valence-electron chi connectivity index (χ2n) is 8.64. The Morgan fingerprint density at radius 2 is 1.97 bits per heavy atom. The summed E-state index contributed by atoms with van der Waals surface area (Å²) in [6.45, 7) is 6.54. The van der Waals surface area contributed by atoms with E-state index >= 15 is 0 Å². The van der Waals surface area contributed by atoms with Gasteiger partial charge in [-0.15, -0.1) is 0 Å². The van der Waals surface area contributed by atoms with Crippen LogP contribution in [0.5, 0.6) is 0 Å². The number of esters is 1. The molecule has 1 aliphatic carbocycles. The fraction of sp³-hybridized carbons (Fsp3) is 0.480. The lowest BCUT2D eigenvalue weighted by molar-refractivity contribution is -0.144. The minimum atomic E-state index is -0.0991. The van der Waals surface area contributed by atoms with E-state index in [1.807, 2.05) is 13.8 Å². The van der Waals surface area contributed by atoms with Gasteiger partial charge in [0.25, 0.3) is 0 Å². The number of rotatable bonds is 7. The van der Waals surface area contributed by atoms with Crippen LogP contribution in [0.15, 0.2) is 42.5 Å². The van der Waals surface area contributed by atoms with Crippen molar-refractivity contribution in [3.05, 3.63) is 64.2 Å². The van der Waals surface area contributed by atoms with Crippen LogP contribution >= 0.6 is 11.6 Å². The molecule has 0 spiro atoms. The first kappa shape index (κ1) is 22.9. The lowest BCUT2D eigenvalue weighted by Gasteiger charge is -2.40. The molecule has 30 heavy (non-hydrogen) atoms. The Balaban J connectivity index is 1.87. The number of carbonyl (C=O) groups is 1. The monoisotopic (exact) mass is 425 g/mol. The third-order valence-corrected chi connectivity index (χ3v) is 6.80. The van der Waals surface area contributed by atoms with Crippen LogP contribution in [0.3, 0.4) is 0 Å². The first-order valence-corrected chi connectivity index (χ1v) is 11.5. The van der Waals surface area contributed by atoms with E-state index in [0.29, 0.717) is 13.0 Å². The van der Waals surface area contributed by atoms with Crippen LogP contribution in [0.25, 0.3) is 0 Å². The van der Waals surface area contributed by atoms with E-state index in [-0.39, 0.29) is 29.9 Å². The van der Waals surface area contributed by atoms with E-state index < -0.39 is 0 Å². The van der Waals surface area contributed by atoms with Crippen molar-refractivity contribution in [2.75, 3.05) is 6.61 Å². The number of nitrogens with one attached hydrogen (secondary N) is 1. The highest BCUT2D eigenvalue weighted by Gasteiger charge is 2.36. The summed E-state index contributed by atoms with van der Waals surface area (Å²) in [4.78, 5) is 12.3. The highest BCUT2D eigenvalue weighted by molar-refractivity contribution is 6.32. The molecule has 3 rings (SSSR count). The van der Waals surface area contributed by atoms with Crippen LogP contribution in [-0.2, 0) is 9.53 Å². The third kappa shape index (κ3) is 5.68. The third-order valence-electron chi connectivity index (χ3n) is 6.39. The topological polar surface area (TPSA) is 38.3 Å². The van der Waals surface area contributed by atoms with Gasteiger partial charge in [0.15, 0.2) is 0 Å². The molecule has 0 aromatic heterocycles. The summed E-state index contributed by atoms with van der Waals surface area (Å²) >= 11 is 6.49. The van der Waals surface area contributed by atoms with Crippen LogP contribution in [0.2, 0.25) is 5.02 Å². The van der Waals surface area contributed by atoms with Gasteiger partial charge in [-0.05, 0) is 62.3 Å². The fourth-order valence-electron chi connectivity index (χ4n) is 4.73. The normalized spacial score (nSPS) is 22.5. The quantitative estimate of drug-likeness (QED) is 0.525. The molecule has 2 aromatic carbocycles. The van der Waals surface area contributed by atoms with Crippen LogP contribution < -0.4 is 10.8 Å². The SMILES string of the molecule is Bc1ccc([C@H](C)NC2CCCC(CC(=O)OCC)C2c2ccc(C)c(Cl)c2)cc1. The number of benzene rings is 2. The van der Waals surface area contributed by atoms with Crippen molar-refractivity contribution < 1.29 is 9.53 Å². The van der Waals surface area contributed by atoms with Crippen molar-refractivity contribution in [3.63, 3.8) is 0 Å². The molecule has 1 saturated carbocycles. The molecule has 3 unspecified atom stereocenters. The van der Waals surface area contributed by atoms with Crippen molar-refractivity contribution in [2.24, 2.45) is 5.92 Å². The van der Waals surface area contributed by atoms with Gasteiger partial charge in [0.05, 0.1) is 6.61 Å². The lowest BCUT2D eigenvalue weighted by Crippen LogP contribution is -2.43. The fourth-order valence-corrected chi connectivity index (χ4v) is 4.92. The van der Waals surface area contributed by atoms with Crippen molar-refractivity contribution >= 4 is 30.9 Å². The zero-order valence-electron chi connectivity index (χ0n) is 18.6. The summed E-state index contributed by atoms with van der Waals surface area (Å²) in [7, 11) is 2.11. The van der Waals surface area contributed by atoms with Gasteiger partial charge in [-0.3, -0.25) is 4.79 Å². The molecule has 1 aliphatic rings. The summed E-state index contributed by atoms with van der Waals surface area (Å²) in [5.74, 6) is 0.381. The second-order valence-corrected chi connectivity index (χ2v) is 9.05. The molecule has 0 aliphatic heterocycles. The van der Waals surface area contributed by atoms with Gasteiger partial charge in [0.1, 0.15) is 7.85 Å². The molecule has 2 aromatic rings. The summed E-state index contributed by atoms with van der Waals surface area (Å²) in [5, 5.41) is 4.67. The summed E-state index contributed by atoms with van der Waals surface area (Å²) in [5.41, 5.74) is 4.85. The maximum atomic E-state index is 12.3. The maximum absolute atomic E-state index is 12.3. The first-order valence-electron chi connectivity index (χ1n) is 11.1. The number of halogens is 1. The van der Waals surface area contributed by atoms with Gasteiger partial charge in [0.2, 0.25) is 0 Å². The van der Waals surface area contributed by atoms with E-state index in [2.05, 4.69) is 62.6 Å². The molecule has 0 saturated heterocycles. The van der Waals surface area contributed by atoms with Crippen molar-refractivity contribution in [2.45, 2.75) is 64.5 Å². The lowest BCUT2D eigenvalue weighted by atomic mass is 9.70. The Hall–Kier alpha value is -1.78. The summed E-state index contributed by atoms with van der Waals surface area (Å²) in [6.07, 6.45) is 3.69. The Labute approximate surface area is 187 Å². The predicted molar refractivity (Wildman–Crippen MR) is 127 cm³/mol. The Bertz CT molecular complexity index is 855. The van der Waals surface area contributed by atoms with Crippen LogP contribution in [0.4, 0.5) is 0 Å². The van der Waals surface area contributed by atoms with Crippen molar-refractivity contribution in [3.8, 4) is 0 Å². The standard InChI is InChI=1S/C25H33BClNO2/c1-4-30-24(29)15-19-6-5-7-23(25(19)20-9-8-16(2)22(27)14-20)28-17(3)18-10-12-21(26)13-11-18/h8-14,17,19,23,25,28H,4-7,15,26H2,1-3H3/t17-,19?,23?,25?/m0/s1. The molecular formula is C25H33BClNO2. The van der Waals surface area contributed by atoms with Gasteiger partial charge in [-0.1, -0.05) is 59.9 Å². The number of ether oxygens (including phenoxy) is 1. The second kappa shape index (κ2) is 10.5. The largest absolute Gasteiger partial charge is 0.466 e. The number of aryl methyl sites for hydroxylation is 1.